The van der Waals surface area contributed by atoms with Crippen LogP contribution < -0.4 is 4.74 Å². The van der Waals surface area contributed by atoms with Gasteiger partial charge in [-0.1, -0.05) is 191 Å². The molecule has 0 aliphatic heterocycles. The number of unbranched alkanes of at least 4 members (excludes halogenated alkanes) is 22. The molecule has 0 N–H and O–H groups in total. The van der Waals surface area contributed by atoms with Crippen molar-refractivity contribution in [1.82, 2.24) is 0 Å². The topological polar surface area (TPSA) is 35.5 Å². The Labute approximate surface area is 271 Å². The van der Waals surface area contributed by atoms with E-state index in [2.05, 4.69) is 31.2 Å². The van der Waals surface area contributed by atoms with E-state index in [1.807, 2.05) is 30.3 Å². The number of carbonyl (C=O) groups excluding carboxylic acids is 1. The summed E-state index contributed by atoms with van der Waals surface area (Å²) in [5, 5.41) is 0. The lowest BCUT2D eigenvalue weighted by Gasteiger charge is -2.08. The molecule has 0 fully saturated rings. The monoisotopic (exact) mass is 607 g/mol. The van der Waals surface area contributed by atoms with E-state index in [1.165, 1.54) is 135 Å². The van der Waals surface area contributed by atoms with Gasteiger partial charge in [0.25, 0.3) is 0 Å². The Kier molecular flexibility index (Phi) is 24.3. The number of esters is 1. The molecule has 0 bridgehead atoms. The van der Waals surface area contributed by atoms with Gasteiger partial charge in [-0.2, -0.15) is 0 Å². The molecule has 0 aromatic heterocycles. The second-order valence-corrected chi connectivity index (χ2v) is 12.9. The Balaban J connectivity index is 1.27. The van der Waals surface area contributed by atoms with Crippen LogP contribution in [0.5, 0.6) is 5.75 Å². The van der Waals surface area contributed by atoms with Crippen LogP contribution in [0.3, 0.4) is 0 Å². The van der Waals surface area contributed by atoms with Crippen molar-refractivity contribution < 1.29 is 14.3 Å². The van der Waals surface area contributed by atoms with Crippen LogP contribution in [0.15, 0.2) is 54.6 Å². The summed E-state index contributed by atoms with van der Waals surface area (Å²) in [5.74, 6) is 0.797. The molecule has 0 heterocycles. The summed E-state index contributed by atoms with van der Waals surface area (Å²) in [7, 11) is 0. The van der Waals surface area contributed by atoms with Crippen LogP contribution in [0.2, 0.25) is 0 Å². The van der Waals surface area contributed by atoms with E-state index in [1.54, 1.807) is 0 Å². The van der Waals surface area contributed by atoms with Gasteiger partial charge in [-0.15, -0.1) is 0 Å². The molecule has 2 aromatic carbocycles. The molecule has 0 atom stereocenters. The van der Waals surface area contributed by atoms with Crippen molar-refractivity contribution in [1.29, 1.82) is 0 Å². The molecule has 0 saturated heterocycles. The first-order valence-corrected chi connectivity index (χ1v) is 18.7. The first kappa shape index (κ1) is 37.9. The Morgan fingerprint density at radius 2 is 0.932 bits per heavy atom. The summed E-state index contributed by atoms with van der Waals surface area (Å²) in [6, 6.07) is 18.2. The molecule has 3 heteroatoms. The van der Waals surface area contributed by atoms with Crippen molar-refractivity contribution in [3.8, 4) is 5.75 Å². The summed E-state index contributed by atoms with van der Waals surface area (Å²) in [6.07, 6.45) is 33.1. The molecule has 0 aliphatic carbocycles. The van der Waals surface area contributed by atoms with Gasteiger partial charge >= 0.3 is 5.97 Å². The van der Waals surface area contributed by atoms with Crippen LogP contribution in [0, 0.1) is 0 Å². The number of hydrogen-bond acceptors (Lipinski definition) is 3. The predicted molar refractivity (Wildman–Crippen MR) is 188 cm³/mol. The van der Waals surface area contributed by atoms with Gasteiger partial charge in [0, 0.05) is 12.8 Å². The quantitative estimate of drug-likeness (QED) is 0.0655. The first-order chi connectivity index (χ1) is 21.8. The molecule has 0 saturated carbocycles. The molecule has 0 aliphatic rings. The van der Waals surface area contributed by atoms with Gasteiger partial charge in [0.15, 0.2) is 0 Å². The SMILES string of the molecule is CCCCCCCCCCCCCCCCCCCCCCCCCC(=O)OCCc1ccc(OCc2ccccc2)cc1. The highest BCUT2D eigenvalue weighted by Gasteiger charge is 2.04. The molecule has 0 radical (unpaired) electrons. The van der Waals surface area contributed by atoms with Crippen LogP contribution in [0.25, 0.3) is 0 Å². The number of rotatable bonds is 30. The van der Waals surface area contributed by atoms with Gasteiger partial charge in [-0.25, -0.2) is 0 Å². The van der Waals surface area contributed by atoms with Crippen LogP contribution in [0.4, 0.5) is 0 Å². The fourth-order valence-electron chi connectivity index (χ4n) is 5.90. The van der Waals surface area contributed by atoms with Gasteiger partial charge in [0.05, 0.1) is 6.61 Å². The van der Waals surface area contributed by atoms with Crippen LogP contribution in [-0.4, -0.2) is 12.6 Å². The normalized spacial score (nSPS) is 11.1. The van der Waals surface area contributed by atoms with Crippen molar-refractivity contribution in [2.24, 2.45) is 0 Å². The zero-order valence-electron chi connectivity index (χ0n) is 28.5. The lowest BCUT2D eigenvalue weighted by atomic mass is 10.0. The minimum absolute atomic E-state index is 0.0590. The zero-order chi connectivity index (χ0) is 31.2. The highest BCUT2D eigenvalue weighted by Crippen LogP contribution is 2.17. The van der Waals surface area contributed by atoms with E-state index >= 15 is 0 Å². The molecular weight excluding hydrogens is 540 g/mol. The lowest BCUT2D eigenvalue weighted by molar-refractivity contribution is -0.143. The Morgan fingerprint density at radius 1 is 0.500 bits per heavy atom. The van der Waals surface area contributed by atoms with Crippen LogP contribution in [0.1, 0.15) is 172 Å². The van der Waals surface area contributed by atoms with E-state index in [9.17, 15) is 4.79 Å². The third-order valence-electron chi connectivity index (χ3n) is 8.81. The molecular formula is C41H66O3. The van der Waals surface area contributed by atoms with E-state index in [-0.39, 0.29) is 5.97 Å². The third kappa shape index (κ3) is 22.3. The lowest BCUT2D eigenvalue weighted by Crippen LogP contribution is -2.07. The standard InChI is InChI=1S/C41H66O3/c1-2-3-4-5-6-7-8-9-10-11-12-13-14-15-16-17-18-19-20-21-22-23-27-30-41(42)43-36-35-38-31-33-40(34-32-38)44-37-39-28-25-24-26-29-39/h24-26,28-29,31-34H,2-23,27,30,35-37H2,1H3. The summed E-state index contributed by atoms with van der Waals surface area (Å²) in [6.45, 7) is 3.31. The van der Waals surface area contributed by atoms with Gasteiger partial charge in [0.1, 0.15) is 12.4 Å². The van der Waals surface area contributed by atoms with Crippen molar-refractivity contribution >= 4 is 5.97 Å². The van der Waals surface area contributed by atoms with Crippen molar-refractivity contribution in [3.05, 3.63) is 65.7 Å². The zero-order valence-corrected chi connectivity index (χ0v) is 28.5. The Hall–Kier alpha value is -2.29. The predicted octanol–water partition coefficient (Wildman–Crippen LogP) is 12.7. The second-order valence-electron chi connectivity index (χ2n) is 12.9. The third-order valence-corrected chi connectivity index (χ3v) is 8.81. The largest absolute Gasteiger partial charge is 0.489 e. The van der Waals surface area contributed by atoms with Gasteiger partial charge in [0.2, 0.25) is 0 Å². The molecule has 2 rings (SSSR count). The Morgan fingerprint density at radius 3 is 1.39 bits per heavy atom. The van der Waals surface area contributed by atoms with Gasteiger partial charge < -0.3 is 9.47 Å². The summed E-state index contributed by atoms with van der Waals surface area (Å²) in [5.41, 5.74) is 2.31. The van der Waals surface area contributed by atoms with Gasteiger partial charge in [-0.05, 0) is 29.7 Å². The average molecular weight is 607 g/mol. The number of carbonyl (C=O) groups is 1. The maximum atomic E-state index is 12.1. The van der Waals surface area contributed by atoms with E-state index < -0.39 is 0 Å². The first-order valence-electron chi connectivity index (χ1n) is 18.7. The number of hydrogen-bond donors (Lipinski definition) is 0. The molecule has 0 unspecified atom stereocenters. The summed E-state index contributed by atoms with van der Waals surface area (Å²) in [4.78, 5) is 12.1. The van der Waals surface area contributed by atoms with Crippen molar-refractivity contribution in [2.45, 2.75) is 174 Å². The molecule has 0 spiro atoms. The van der Waals surface area contributed by atoms with E-state index in [0.717, 1.165) is 36.1 Å². The van der Waals surface area contributed by atoms with E-state index in [0.29, 0.717) is 19.6 Å². The number of benzene rings is 2. The highest BCUT2D eigenvalue weighted by molar-refractivity contribution is 5.69. The van der Waals surface area contributed by atoms with Crippen LogP contribution in [-0.2, 0) is 22.6 Å². The number of ether oxygens (including phenoxy) is 2. The molecule has 248 valence electrons. The summed E-state index contributed by atoms with van der Waals surface area (Å²) >= 11 is 0. The molecule has 0 amide bonds. The smallest absolute Gasteiger partial charge is 0.305 e. The minimum atomic E-state index is -0.0590. The van der Waals surface area contributed by atoms with Crippen molar-refractivity contribution in [3.63, 3.8) is 0 Å². The second kappa shape index (κ2) is 28.2. The fourth-order valence-corrected chi connectivity index (χ4v) is 5.90. The Bertz CT molecular complexity index is 892. The maximum Gasteiger partial charge on any atom is 0.305 e. The minimum Gasteiger partial charge on any atom is -0.489 e. The molecule has 44 heavy (non-hydrogen) atoms. The van der Waals surface area contributed by atoms with E-state index in [4.69, 9.17) is 9.47 Å². The van der Waals surface area contributed by atoms with Gasteiger partial charge in [-0.3, -0.25) is 4.79 Å². The van der Waals surface area contributed by atoms with Crippen molar-refractivity contribution in [2.75, 3.05) is 6.61 Å². The molecule has 2 aromatic rings. The summed E-state index contributed by atoms with van der Waals surface area (Å²) < 4.78 is 11.3. The average Bonchev–Trinajstić information content (AvgIpc) is 3.05. The fraction of sp³-hybridized carbons (Fsp3) is 0.683. The molecule has 3 nitrogen and oxygen atoms in total. The van der Waals surface area contributed by atoms with Crippen LogP contribution >= 0.6 is 0 Å². The maximum absolute atomic E-state index is 12.1. The highest BCUT2D eigenvalue weighted by atomic mass is 16.5.